The molecule has 0 spiro atoms. The molecule has 4 aromatic carbocycles. The van der Waals surface area contributed by atoms with Crippen LogP contribution < -0.4 is 0 Å². The average molecular weight is 465 g/mol. The van der Waals surface area contributed by atoms with Crippen molar-refractivity contribution in [3.05, 3.63) is 121 Å². The summed E-state index contributed by atoms with van der Waals surface area (Å²) in [5.41, 5.74) is 9.03. The molecule has 0 bridgehead atoms. The minimum Gasteiger partial charge on any atom is -0.338 e. The van der Waals surface area contributed by atoms with Crippen LogP contribution in [-0.4, -0.2) is 25.7 Å². The highest BCUT2D eigenvalue weighted by molar-refractivity contribution is 6.22. The van der Waals surface area contributed by atoms with Crippen molar-refractivity contribution in [3.63, 3.8) is 0 Å². The van der Waals surface area contributed by atoms with Crippen molar-refractivity contribution in [2.75, 3.05) is 0 Å². The summed E-state index contributed by atoms with van der Waals surface area (Å²) in [4.78, 5) is 29.3. The van der Waals surface area contributed by atoms with Gasteiger partial charge in [-0.1, -0.05) is 84.9 Å². The van der Waals surface area contributed by atoms with Gasteiger partial charge in [0.05, 0.1) is 23.8 Å². The number of hydrogen-bond donors (Lipinski definition) is 2. The monoisotopic (exact) mass is 464 g/mol. The zero-order chi connectivity index (χ0) is 24.1. The molecule has 1 aliphatic rings. The quantitative estimate of drug-likeness (QED) is 0.294. The fraction of sp³-hybridized carbons (Fsp3) is 0. The second-order valence-corrected chi connectivity index (χ2v) is 8.87. The summed E-state index contributed by atoms with van der Waals surface area (Å²) in [7, 11) is 0. The largest absolute Gasteiger partial charge is 0.338 e. The topological polar surface area (TPSA) is 74.4 Å². The number of imidazole rings is 2. The predicted molar refractivity (Wildman–Crippen MR) is 141 cm³/mol. The van der Waals surface area contributed by atoms with Crippen LogP contribution in [0.4, 0.5) is 0 Å². The van der Waals surface area contributed by atoms with Crippen molar-refractivity contribution in [3.8, 4) is 56.4 Å². The molecule has 0 fully saturated rings. The molecule has 2 N–H and O–H groups in total. The van der Waals surface area contributed by atoms with E-state index in [0.29, 0.717) is 11.1 Å². The third-order valence-electron chi connectivity index (χ3n) is 6.69. The summed E-state index contributed by atoms with van der Waals surface area (Å²) in [6, 6.07) is 32.1. The predicted octanol–water partition coefficient (Wildman–Crippen LogP) is 7.01. The number of benzene rings is 4. The summed E-state index contributed by atoms with van der Waals surface area (Å²) in [5, 5.41) is 0. The van der Waals surface area contributed by atoms with E-state index in [9.17, 15) is 4.79 Å². The van der Waals surface area contributed by atoms with E-state index in [2.05, 4.69) is 19.9 Å². The molecule has 0 unspecified atom stereocenters. The van der Waals surface area contributed by atoms with E-state index in [4.69, 9.17) is 0 Å². The maximum absolute atomic E-state index is 13.5. The normalized spacial score (nSPS) is 11.9. The molecular formula is C31H20N4O. The van der Waals surface area contributed by atoms with Crippen LogP contribution in [0.2, 0.25) is 0 Å². The van der Waals surface area contributed by atoms with E-state index < -0.39 is 0 Å². The number of ketones is 1. The van der Waals surface area contributed by atoms with E-state index in [1.165, 1.54) is 0 Å². The Morgan fingerprint density at radius 3 is 1.36 bits per heavy atom. The Labute approximate surface area is 207 Å². The number of nitrogens with one attached hydrogen (secondary N) is 2. The van der Waals surface area contributed by atoms with E-state index in [1.54, 1.807) is 0 Å². The van der Waals surface area contributed by atoms with Crippen LogP contribution in [0.1, 0.15) is 15.9 Å². The third-order valence-corrected chi connectivity index (χ3v) is 6.69. The number of aromatic amines is 2. The Morgan fingerprint density at radius 1 is 0.472 bits per heavy atom. The first-order chi connectivity index (χ1) is 17.7. The van der Waals surface area contributed by atoms with Gasteiger partial charge in [0.25, 0.3) is 0 Å². The highest BCUT2D eigenvalue weighted by Gasteiger charge is 2.28. The van der Waals surface area contributed by atoms with Gasteiger partial charge >= 0.3 is 0 Å². The molecular weight excluding hydrogens is 444 g/mol. The van der Waals surface area contributed by atoms with Crippen LogP contribution in [-0.2, 0) is 0 Å². The molecule has 0 saturated carbocycles. The van der Waals surface area contributed by atoms with Gasteiger partial charge in [-0.2, -0.15) is 0 Å². The highest BCUT2D eigenvalue weighted by atomic mass is 16.1. The summed E-state index contributed by atoms with van der Waals surface area (Å²) < 4.78 is 0. The fourth-order valence-electron chi connectivity index (χ4n) is 4.84. The number of rotatable bonds is 4. The van der Waals surface area contributed by atoms with Crippen molar-refractivity contribution >= 4 is 5.78 Å². The molecule has 0 saturated heterocycles. The molecule has 1 aliphatic carbocycles. The lowest BCUT2D eigenvalue weighted by Crippen LogP contribution is -1.96. The van der Waals surface area contributed by atoms with Gasteiger partial charge in [-0.15, -0.1) is 0 Å². The summed E-state index contributed by atoms with van der Waals surface area (Å²) in [5.74, 6) is 1.65. The van der Waals surface area contributed by atoms with Crippen molar-refractivity contribution in [1.29, 1.82) is 0 Å². The molecule has 170 valence electrons. The van der Waals surface area contributed by atoms with Gasteiger partial charge in [0.2, 0.25) is 0 Å². The first kappa shape index (κ1) is 20.4. The van der Waals surface area contributed by atoms with E-state index in [-0.39, 0.29) is 5.78 Å². The van der Waals surface area contributed by atoms with Crippen LogP contribution in [0.5, 0.6) is 0 Å². The highest BCUT2D eigenvalue weighted by Crippen LogP contribution is 2.40. The number of nitrogens with zero attached hydrogens (tertiary/aromatic N) is 2. The summed E-state index contributed by atoms with van der Waals surface area (Å²) in [6.07, 6.45) is 3.63. The van der Waals surface area contributed by atoms with E-state index in [0.717, 1.165) is 56.4 Å². The maximum atomic E-state index is 13.5. The Balaban J connectivity index is 1.21. The van der Waals surface area contributed by atoms with Crippen LogP contribution in [0.25, 0.3) is 56.4 Å². The fourth-order valence-corrected chi connectivity index (χ4v) is 4.84. The molecule has 36 heavy (non-hydrogen) atoms. The smallest absolute Gasteiger partial charge is 0.194 e. The summed E-state index contributed by atoms with van der Waals surface area (Å²) >= 11 is 0. The number of H-pyrrole nitrogens is 2. The van der Waals surface area contributed by atoms with Crippen molar-refractivity contribution in [1.82, 2.24) is 19.9 Å². The van der Waals surface area contributed by atoms with Crippen LogP contribution in [0.15, 0.2) is 109 Å². The molecule has 0 amide bonds. The molecule has 0 radical (unpaired) electrons. The van der Waals surface area contributed by atoms with Gasteiger partial charge in [0, 0.05) is 33.4 Å². The number of fused-ring (bicyclic) bond motifs is 3. The second-order valence-electron chi connectivity index (χ2n) is 8.87. The SMILES string of the molecule is O=C1c2cc(-c3cnc(-c4ccccc4)[nH]3)ccc2-c2ccc(-c3cnc(-c4ccccc4)[nH]3)cc21. The second kappa shape index (κ2) is 8.03. The molecule has 5 nitrogen and oxygen atoms in total. The molecule has 0 aliphatic heterocycles. The van der Waals surface area contributed by atoms with E-state index in [1.807, 2.05) is 109 Å². The minimum absolute atomic E-state index is 0.0364. The van der Waals surface area contributed by atoms with Gasteiger partial charge in [-0.05, 0) is 23.3 Å². The molecule has 2 aromatic heterocycles. The van der Waals surface area contributed by atoms with Crippen LogP contribution in [0.3, 0.4) is 0 Å². The van der Waals surface area contributed by atoms with Gasteiger partial charge < -0.3 is 9.97 Å². The number of carbonyl (C=O) groups excluding carboxylic acids is 1. The molecule has 6 aromatic rings. The average Bonchev–Trinajstić information content (AvgIpc) is 3.69. The Bertz CT molecular complexity index is 1620. The zero-order valence-electron chi connectivity index (χ0n) is 19.2. The summed E-state index contributed by atoms with van der Waals surface area (Å²) in [6.45, 7) is 0. The van der Waals surface area contributed by atoms with Gasteiger partial charge in [-0.25, -0.2) is 9.97 Å². The molecule has 7 rings (SSSR count). The zero-order valence-corrected chi connectivity index (χ0v) is 19.2. The first-order valence-electron chi connectivity index (χ1n) is 11.8. The number of hydrogen-bond acceptors (Lipinski definition) is 3. The molecule has 5 heteroatoms. The lowest BCUT2D eigenvalue weighted by atomic mass is 10.0. The van der Waals surface area contributed by atoms with Crippen molar-refractivity contribution < 1.29 is 4.79 Å². The Morgan fingerprint density at radius 2 is 0.917 bits per heavy atom. The van der Waals surface area contributed by atoms with Crippen molar-refractivity contribution in [2.24, 2.45) is 0 Å². The number of carbonyl (C=O) groups is 1. The van der Waals surface area contributed by atoms with Crippen molar-refractivity contribution in [2.45, 2.75) is 0 Å². The third kappa shape index (κ3) is 3.29. The minimum atomic E-state index is 0.0364. The van der Waals surface area contributed by atoms with E-state index >= 15 is 0 Å². The maximum Gasteiger partial charge on any atom is 0.194 e. The Hall–Kier alpha value is -5.03. The van der Waals surface area contributed by atoms with Gasteiger partial charge in [-0.3, -0.25) is 4.79 Å². The Kier molecular flexibility index (Phi) is 4.54. The lowest BCUT2D eigenvalue weighted by molar-refractivity contribution is 0.104. The standard InChI is InChI=1S/C31H20N4O/c36-29-25-15-21(27-17-32-30(34-27)19-7-3-1-4-8-19)11-13-23(25)24-14-12-22(16-26(24)29)28-18-33-31(35-28)20-9-5-2-6-10-20/h1-18H,(H,32,34)(H,33,35). The molecule has 2 heterocycles. The van der Waals surface area contributed by atoms with Gasteiger partial charge in [0.15, 0.2) is 5.78 Å². The molecule has 0 atom stereocenters. The van der Waals surface area contributed by atoms with Crippen LogP contribution in [0, 0.1) is 0 Å². The number of aromatic nitrogens is 4. The van der Waals surface area contributed by atoms with Crippen LogP contribution >= 0.6 is 0 Å². The first-order valence-corrected chi connectivity index (χ1v) is 11.8. The van der Waals surface area contributed by atoms with Gasteiger partial charge in [0.1, 0.15) is 11.6 Å². The lowest BCUT2D eigenvalue weighted by Gasteiger charge is -2.04.